The first-order chi connectivity index (χ1) is 12.0. The van der Waals surface area contributed by atoms with E-state index >= 15 is 0 Å². The van der Waals surface area contributed by atoms with Crippen molar-refractivity contribution in [2.45, 2.75) is 32.7 Å². The first-order valence-electron chi connectivity index (χ1n) is 8.63. The van der Waals surface area contributed by atoms with Crippen molar-refractivity contribution in [3.63, 3.8) is 0 Å². The number of piperidine rings is 1. The van der Waals surface area contributed by atoms with Crippen LogP contribution in [0.4, 0.5) is 0 Å². The summed E-state index contributed by atoms with van der Waals surface area (Å²) in [6.45, 7) is 5.24. The van der Waals surface area contributed by atoms with Gasteiger partial charge in [0.05, 0.1) is 0 Å². The van der Waals surface area contributed by atoms with Gasteiger partial charge >= 0.3 is 0 Å². The minimum atomic E-state index is -0.0691. The van der Waals surface area contributed by atoms with Gasteiger partial charge in [-0.3, -0.25) is 9.59 Å². The number of likely N-dealkylation sites (tertiary alicyclic amines) is 1. The largest absolute Gasteiger partial charge is 0.484 e. The van der Waals surface area contributed by atoms with Gasteiger partial charge in [0.2, 0.25) is 12.7 Å². The van der Waals surface area contributed by atoms with Crippen LogP contribution in [0, 0.1) is 5.92 Å². The van der Waals surface area contributed by atoms with Crippen LogP contribution < -0.4 is 19.5 Å². The van der Waals surface area contributed by atoms with Gasteiger partial charge in [0.25, 0.3) is 5.91 Å². The number of rotatable bonds is 5. The molecule has 0 spiro atoms. The van der Waals surface area contributed by atoms with Crippen LogP contribution in [0.1, 0.15) is 26.7 Å². The van der Waals surface area contributed by atoms with E-state index in [1.54, 1.807) is 23.1 Å². The zero-order valence-corrected chi connectivity index (χ0v) is 14.6. The molecule has 0 saturated carbocycles. The van der Waals surface area contributed by atoms with Crippen molar-refractivity contribution < 1.29 is 23.8 Å². The summed E-state index contributed by atoms with van der Waals surface area (Å²) in [7, 11) is 0. The predicted octanol–water partition coefficient (Wildman–Crippen LogP) is 1.56. The van der Waals surface area contributed by atoms with Gasteiger partial charge in [0, 0.05) is 31.1 Å². The van der Waals surface area contributed by atoms with Crippen LogP contribution in [0.3, 0.4) is 0 Å². The number of ether oxygens (including phenoxy) is 3. The number of nitrogens with zero attached hydrogens (tertiary/aromatic N) is 1. The lowest BCUT2D eigenvalue weighted by Gasteiger charge is -2.31. The second kappa shape index (κ2) is 7.63. The van der Waals surface area contributed by atoms with Gasteiger partial charge in [-0.05, 0) is 38.8 Å². The maximum absolute atomic E-state index is 12.3. The zero-order chi connectivity index (χ0) is 17.8. The number of benzene rings is 1. The normalized spacial score (nSPS) is 16.8. The van der Waals surface area contributed by atoms with E-state index < -0.39 is 0 Å². The second-order valence-corrected chi connectivity index (χ2v) is 6.62. The summed E-state index contributed by atoms with van der Waals surface area (Å²) in [6.07, 6.45) is 1.38. The van der Waals surface area contributed by atoms with Crippen molar-refractivity contribution >= 4 is 11.8 Å². The minimum absolute atomic E-state index is 0.0128. The number of carbonyl (C=O) groups is 2. The highest BCUT2D eigenvalue weighted by atomic mass is 16.7. The van der Waals surface area contributed by atoms with E-state index in [9.17, 15) is 9.59 Å². The molecule has 2 aliphatic rings. The molecule has 2 heterocycles. The molecule has 1 saturated heterocycles. The Morgan fingerprint density at radius 1 is 1.24 bits per heavy atom. The van der Waals surface area contributed by atoms with E-state index in [0.717, 1.165) is 0 Å². The van der Waals surface area contributed by atoms with E-state index in [2.05, 4.69) is 5.32 Å². The molecule has 0 bridgehead atoms. The average molecular weight is 348 g/mol. The third kappa shape index (κ3) is 4.35. The number of hydrogen-bond donors (Lipinski definition) is 1. The highest BCUT2D eigenvalue weighted by molar-refractivity contribution is 5.80. The van der Waals surface area contributed by atoms with E-state index in [1.165, 1.54) is 0 Å². The summed E-state index contributed by atoms with van der Waals surface area (Å²) in [5, 5.41) is 2.93. The SMILES string of the molecule is CC(C)NC(=O)C1CCN(C(=O)COc2ccc3c(c2)OCO3)CC1. The van der Waals surface area contributed by atoms with Crippen LogP contribution in [0.25, 0.3) is 0 Å². The number of fused-ring (bicyclic) bond motifs is 1. The predicted molar refractivity (Wildman–Crippen MR) is 90.6 cm³/mol. The lowest BCUT2D eigenvalue weighted by atomic mass is 9.95. The fraction of sp³-hybridized carbons (Fsp3) is 0.556. The van der Waals surface area contributed by atoms with Gasteiger partial charge in [-0.15, -0.1) is 0 Å². The number of carbonyl (C=O) groups excluding carboxylic acids is 2. The lowest BCUT2D eigenvalue weighted by molar-refractivity contribution is -0.137. The smallest absolute Gasteiger partial charge is 0.260 e. The van der Waals surface area contributed by atoms with Gasteiger partial charge in [-0.2, -0.15) is 0 Å². The molecule has 1 aromatic carbocycles. The molecule has 0 aliphatic carbocycles. The highest BCUT2D eigenvalue weighted by Gasteiger charge is 2.27. The van der Waals surface area contributed by atoms with Crippen molar-refractivity contribution in [2.75, 3.05) is 26.5 Å². The minimum Gasteiger partial charge on any atom is -0.484 e. The van der Waals surface area contributed by atoms with Gasteiger partial charge in [0.15, 0.2) is 18.1 Å². The fourth-order valence-electron chi connectivity index (χ4n) is 3.00. The second-order valence-electron chi connectivity index (χ2n) is 6.62. The van der Waals surface area contributed by atoms with Crippen molar-refractivity contribution in [3.05, 3.63) is 18.2 Å². The molecule has 3 rings (SSSR count). The van der Waals surface area contributed by atoms with Gasteiger partial charge in [-0.1, -0.05) is 0 Å². The molecule has 136 valence electrons. The van der Waals surface area contributed by atoms with Gasteiger partial charge < -0.3 is 24.4 Å². The van der Waals surface area contributed by atoms with E-state index in [1.807, 2.05) is 13.8 Å². The first-order valence-corrected chi connectivity index (χ1v) is 8.63. The maximum atomic E-state index is 12.3. The first kappa shape index (κ1) is 17.4. The summed E-state index contributed by atoms with van der Waals surface area (Å²) in [5.74, 6) is 1.88. The third-order valence-corrected chi connectivity index (χ3v) is 4.36. The van der Waals surface area contributed by atoms with Crippen molar-refractivity contribution in [1.82, 2.24) is 10.2 Å². The standard InChI is InChI=1S/C18H24N2O5/c1-12(2)19-18(22)13-5-7-20(8-6-13)17(21)10-23-14-3-4-15-16(9-14)25-11-24-15/h3-4,9,12-13H,5-8,10-11H2,1-2H3,(H,19,22). The summed E-state index contributed by atoms with van der Waals surface area (Å²) in [4.78, 5) is 26.1. The van der Waals surface area contributed by atoms with E-state index in [4.69, 9.17) is 14.2 Å². The molecule has 0 atom stereocenters. The molecule has 1 N–H and O–H groups in total. The molecule has 0 radical (unpaired) electrons. The average Bonchev–Trinajstić information content (AvgIpc) is 3.07. The topological polar surface area (TPSA) is 77.1 Å². The van der Waals surface area contributed by atoms with E-state index in [0.29, 0.717) is 43.2 Å². The molecule has 7 nitrogen and oxygen atoms in total. The molecule has 25 heavy (non-hydrogen) atoms. The number of amides is 2. The number of nitrogens with one attached hydrogen (secondary N) is 1. The Hall–Kier alpha value is -2.44. The summed E-state index contributed by atoms with van der Waals surface area (Å²) in [6, 6.07) is 5.38. The van der Waals surface area contributed by atoms with Crippen LogP contribution in [-0.2, 0) is 9.59 Å². The van der Waals surface area contributed by atoms with Crippen LogP contribution >= 0.6 is 0 Å². The summed E-state index contributed by atoms with van der Waals surface area (Å²) in [5.41, 5.74) is 0. The Labute approximate surface area is 147 Å². The molecule has 0 aromatic heterocycles. The molecular formula is C18H24N2O5. The molecule has 7 heteroatoms. The van der Waals surface area contributed by atoms with Crippen LogP contribution in [0.2, 0.25) is 0 Å². The molecular weight excluding hydrogens is 324 g/mol. The van der Waals surface area contributed by atoms with Crippen molar-refractivity contribution in [1.29, 1.82) is 0 Å². The monoisotopic (exact) mass is 348 g/mol. The lowest BCUT2D eigenvalue weighted by Crippen LogP contribution is -2.45. The Balaban J connectivity index is 1.44. The molecule has 0 unspecified atom stereocenters. The Morgan fingerprint density at radius 3 is 2.68 bits per heavy atom. The quantitative estimate of drug-likeness (QED) is 0.874. The van der Waals surface area contributed by atoms with Crippen LogP contribution in [0.5, 0.6) is 17.2 Å². The Bertz CT molecular complexity index is 638. The van der Waals surface area contributed by atoms with E-state index in [-0.39, 0.29) is 37.2 Å². The molecule has 2 amide bonds. The highest BCUT2D eigenvalue weighted by Crippen LogP contribution is 2.35. The maximum Gasteiger partial charge on any atom is 0.260 e. The van der Waals surface area contributed by atoms with Crippen LogP contribution in [0.15, 0.2) is 18.2 Å². The van der Waals surface area contributed by atoms with Gasteiger partial charge in [-0.25, -0.2) is 0 Å². The van der Waals surface area contributed by atoms with Crippen molar-refractivity contribution in [3.8, 4) is 17.2 Å². The fourth-order valence-corrected chi connectivity index (χ4v) is 3.00. The summed E-state index contributed by atoms with van der Waals surface area (Å²) >= 11 is 0. The van der Waals surface area contributed by atoms with Crippen LogP contribution in [-0.4, -0.2) is 49.2 Å². The molecule has 2 aliphatic heterocycles. The van der Waals surface area contributed by atoms with Gasteiger partial charge in [0.1, 0.15) is 5.75 Å². The summed E-state index contributed by atoms with van der Waals surface area (Å²) < 4.78 is 16.1. The Morgan fingerprint density at radius 2 is 1.96 bits per heavy atom. The van der Waals surface area contributed by atoms with Crippen molar-refractivity contribution in [2.24, 2.45) is 5.92 Å². The molecule has 1 aromatic rings. The Kier molecular flexibility index (Phi) is 5.31. The third-order valence-electron chi connectivity index (χ3n) is 4.36. The molecule has 1 fully saturated rings. The zero-order valence-electron chi connectivity index (χ0n) is 14.6. The number of hydrogen-bond acceptors (Lipinski definition) is 5.